The smallest absolute Gasteiger partial charge is 0.325 e. The van der Waals surface area contributed by atoms with Crippen LogP contribution in [0.5, 0.6) is 0 Å². The van der Waals surface area contributed by atoms with Gasteiger partial charge in [-0.3, -0.25) is 14.4 Å². The van der Waals surface area contributed by atoms with E-state index in [0.29, 0.717) is 19.3 Å². The van der Waals surface area contributed by atoms with Crippen LogP contribution < -0.4 is 0 Å². The van der Waals surface area contributed by atoms with Crippen molar-refractivity contribution >= 4 is 17.8 Å². The molecule has 8 heteroatoms. The maximum Gasteiger partial charge on any atom is 0.325 e. The second-order valence-corrected chi connectivity index (χ2v) is 13.6. The number of amides is 1. The fourth-order valence-electron chi connectivity index (χ4n) is 6.93. The Morgan fingerprint density at radius 2 is 0.975 bits per heavy atom. The van der Waals surface area contributed by atoms with Crippen LogP contribution >= 0.6 is 0 Å². The first-order valence-corrected chi connectivity index (χ1v) is 15.9. The van der Waals surface area contributed by atoms with Gasteiger partial charge in [-0.05, 0) is 34.1 Å². The summed E-state index contributed by atoms with van der Waals surface area (Å²) in [6.07, 6.45) is 20.5. The van der Waals surface area contributed by atoms with Gasteiger partial charge in [0.25, 0.3) is 0 Å². The Labute approximate surface area is 242 Å². The lowest BCUT2D eigenvalue weighted by Crippen LogP contribution is -2.70. The summed E-state index contributed by atoms with van der Waals surface area (Å²) in [6, 6.07) is 0. The van der Waals surface area contributed by atoms with Crippen molar-refractivity contribution in [2.24, 2.45) is 5.41 Å². The van der Waals surface area contributed by atoms with Gasteiger partial charge in [-0.2, -0.15) is 0 Å². The van der Waals surface area contributed by atoms with E-state index >= 15 is 0 Å². The third-order valence-corrected chi connectivity index (χ3v) is 8.84. The lowest BCUT2D eigenvalue weighted by Gasteiger charge is -2.60. The molecule has 0 saturated carbocycles. The second-order valence-electron chi connectivity index (χ2n) is 13.6. The summed E-state index contributed by atoms with van der Waals surface area (Å²) in [7, 11) is 0. The largest absolute Gasteiger partial charge is 0.480 e. The summed E-state index contributed by atoms with van der Waals surface area (Å²) in [5.41, 5.74) is -3.30. The van der Waals surface area contributed by atoms with Gasteiger partial charge in [0.15, 0.2) is 5.79 Å². The van der Waals surface area contributed by atoms with E-state index in [2.05, 4.69) is 6.92 Å². The van der Waals surface area contributed by atoms with Crippen LogP contribution in [-0.4, -0.2) is 63.0 Å². The summed E-state index contributed by atoms with van der Waals surface area (Å²) >= 11 is 0. The van der Waals surface area contributed by atoms with E-state index in [1.165, 1.54) is 77.0 Å². The van der Waals surface area contributed by atoms with Crippen molar-refractivity contribution in [2.75, 3.05) is 13.2 Å². The molecule has 8 nitrogen and oxygen atoms in total. The molecule has 0 bridgehead atoms. The Kier molecular flexibility index (Phi) is 13.4. The lowest BCUT2D eigenvalue weighted by atomic mass is 9.74. The average molecular weight is 568 g/mol. The predicted molar refractivity (Wildman–Crippen MR) is 156 cm³/mol. The molecular formula is C32H57NO7. The maximum absolute atomic E-state index is 13.4. The molecule has 2 aliphatic rings. The molecule has 0 unspecified atom stereocenters. The zero-order valence-electron chi connectivity index (χ0n) is 26.0. The third-order valence-electron chi connectivity index (χ3n) is 8.84. The van der Waals surface area contributed by atoms with Crippen molar-refractivity contribution < 1.29 is 34.1 Å². The first kappa shape index (κ1) is 34.5. The van der Waals surface area contributed by atoms with E-state index in [1.54, 1.807) is 0 Å². The molecule has 0 atom stereocenters. The molecule has 0 aliphatic carbocycles. The van der Waals surface area contributed by atoms with E-state index < -0.39 is 47.4 Å². The summed E-state index contributed by atoms with van der Waals surface area (Å²) in [4.78, 5) is 38.7. The number of carboxylic acids is 2. The number of hydrogen-bond donors (Lipinski definition) is 2. The lowest BCUT2D eigenvalue weighted by molar-refractivity contribution is -0.333. The molecule has 1 amide bonds. The summed E-state index contributed by atoms with van der Waals surface area (Å²) in [6.45, 7) is 9.24. The first-order valence-electron chi connectivity index (χ1n) is 15.9. The molecule has 232 valence electrons. The Hall–Kier alpha value is -1.67. The number of likely N-dealkylation sites (tertiary alicyclic amines) is 1. The number of ether oxygens (including phenoxy) is 2. The van der Waals surface area contributed by atoms with Gasteiger partial charge in [0.2, 0.25) is 11.3 Å². The third kappa shape index (κ3) is 9.43. The van der Waals surface area contributed by atoms with Crippen molar-refractivity contribution in [3.63, 3.8) is 0 Å². The SMILES string of the molecule is CCCCCCCCCCCCCCCCCC(=O)N1C(C)(C)CC2(CC1(C)C)OCC(C(=O)O)(C(=O)O)CO2. The molecule has 1 spiro atoms. The maximum atomic E-state index is 13.4. The molecule has 0 aromatic carbocycles. The van der Waals surface area contributed by atoms with Gasteiger partial charge in [0.1, 0.15) is 0 Å². The van der Waals surface area contributed by atoms with Crippen LogP contribution in [0.2, 0.25) is 0 Å². The molecule has 0 aromatic rings. The number of unbranched alkanes of at least 4 members (excludes halogenated alkanes) is 14. The molecule has 2 saturated heterocycles. The standard InChI is InChI=1S/C32H57NO7/c1-6-7-8-9-10-11-12-13-14-15-16-17-18-19-20-21-26(34)33-29(2,3)22-32(23-30(33,4)5)39-24-31(25-40-32,27(35)36)28(37)38/h6-25H2,1-5H3,(H,35,36)(H,37,38). The Bertz CT molecular complexity index is 778. The van der Waals surface area contributed by atoms with Crippen molar-refractivity contribution in [3.8, 4) is 0 Å². The normalized spacial score (nSPS) is 20.9. The van der Waals surface area contributed by atoms with E-state index in [9.17, 15) is 24.6 Å². The van der Waals surface area contributed by atoms with Crippen LogP contribution in [0.25, 0.3) is 0 Å². The summed E-state index contributed by atoms with van der Waals surface area (Å²) in [5, 5.41) is 19.0. The van der Waals surface area contributed by atoms with E-state index in [-0.39, 0.29) is 5.91 Å². The van der Waals surface area contributed by atoms with Gasteiger partial charge in [-0.25, -0.2) is 0 Å². The molecule has 0 radical (unpaired) electrons. The van der Waals surface area contributed by atoms with Crippen LogP contribution in [0.4, 0.5) is 0 Å². The van der Waals surface area contributed by atoms with Gasteiger partial charge < -0.3 is 24.6 Å². The van der Waals surface area contributed by atoms with Crippen molar-refractivity contribution in [2.45, 2.75) is 167 Å². The number of carbonyl (C=O) groups excluding carboxylic acids is 1. The van der Waals surface area contributed by atoms with Crippen LogP contribution in [0.3, 0.4) is 0 Å². The minimum Gasteiger partial charge on any atom is -0.480 e. The van der Waals surface area contributed by atoms with E-state index in [1.807, 2.05) is 32.6 Å². The van der Waals surface area contributed by atoms with Crippen LogP contribution in [0.15, 0.2) is 0 Å². The van der Waals surface area contributed by atoms with Crippen molar-refractivity contribution in [1.29, 1.82) is 0 Å². The fraction of sp³-hybridized carbons (Fsp3) is 0.906. The van der Waals surface area contributed by atoms with Crippen molar-refractivity contribution in [3.05, 3.63) is 0 Å². The van der Waals surface area contributed by atoms with Gasteiger partial charge in [-0.15, -0.1) is 0 Å². The molecule has 0 aromatic heterocycles. The van der Waals surface area contributed by atoms with E-state index in [0.717, 1.165) is 19.3 Å². The van der Waals surface area contributed by atoms with Gasteiger partial charge in [0, 0.05) is 30.3 Å². The number of carboxylic acid groups (broad SMARTS) is 2. The molecule has 2 N–H and O–H groups in total. The zero-order valence-corrected chi connectivity index (χ0v) is 26.0. The Morgan fingerprint density at radius 3 is 1.32 bits per heavy atom. The van der Waals surface area contributed by atoms with Gasteiger partial charge in [0.05, 0.1) is 13.2 Å². The topological polar surface area (TPSA) is 113 Å². The highest BCUT2D eigenvalue weighted by molar-refractivity contribution is 5.98. The monoisotopic (exact) mass is 567 g/mol. The number of aliphatic carboxylic acids is 2. The van der Waals surface area contributed by atoms with E-state index in [4.69, 9.17) is 9.47 Å². The molecule has 40 heavy (non-hydrogen) atoms. The number of nitrogens with zero attached hydrogens (tertiary/aromatic N) is 1. The first-order chi connectivity index (χ1) is 18.8. The number of rotatable bonds is 18. The van der Waals surface area contributed by atoms with Gasteiger partial charge in [-0.1, -0.05) is 96.8 Å². The summed E-state index contributed by atoms with van der Waals surface area (Å²) in [5.74, 6) is -3.94. The average Bonchev–Trinajstić information content (AvgIpc) is 2.85. The number of piperidine rings is 1. The quantitative estimate of drug-likeness (QED) is 0.132. The van der Waals surface area contributed by atoms with Crippen molar-refractivity contribution in [1.82, 2.24) is 4.90 Å². The molecule has 2 heterocycles. The van der Waals surface area contributed by atoms with Gasteiger partial charge >= 0.3 is 11.9 Å². The zero-order chi connectivity index (χ0) is 29.9. The Morgan fingerprint density at radius 1 is 0.625 bits per heavy atom. The molecular weight excluding hydrogens is 510 g/mol. The van der Waals surface area contributed by atoms with Crippen LogP contribution in [-0.2, 0) is 23.9 Å². The van der Waals surface area contributed by atoms with Crippen LogP contribution in [0.1, 0.15) is 150 Å². The highest BCUT2D eigenvalue weighted by Crippen LogP contribution is 2.49. The minimum absolute atomic E-state index is 0.112. The second kappa shape index (κ2) is 15.5. The minimum atomic E-state index is -2.11. The molecule has 2 fully saturated rings. The Balaban J connectivity index is 1.69. The summed E-state index contributed by atoms with van der Waals surface area (Å²) < 4.78 is 11.8. The molecule has 2 rings (SSSR count). The fourth-order valence-corrected chi connectivity index (χ4v) is 6.93. The van der Waals surface area contributed by atoms with Crippen LogP contribution in [0, 0.1) is 5.41 Å². The number of carbonyl (C=O) groups is 3. The highest BCUT2D eigenvalue weighted by atomic mass is 16.7. The highest BCUT2D eigenvalue weighted by Gasteiger charge is 2.61. The number of hydrogen-bond acceptors (Lipinski definition) is 5. The molecule has 2 aliphatic heterocycles. The predicted octanol–water partition coefficient (Wildman–Crippen LogP) is 7.33.